The summed E-state index contributed by atoms with van der Waals surface area (Å²) >= 11 is 5.89. The third-order valence-electron chi connectivity index (χ3n) is 2.71. The van der Waals surface area contributed by atoms with E-state index in [4.69, 9.17) is 17.3 Å². The molecule has 1 amide bonds. The molecule has 0 spiro atoms. The maximum absolute atomic E-state index is 11.9. The van der Waals surface area contributed by atoms with Gasteiger partial charge in [0.25, 0.3) is 5.69 Å². The third-order valence-corrected chi connectivity index (χ3v) is 3.03. The van der Waals surface area contributed by atoms with Crippen LogP contribution in [0.15, 0.2) is 18.2 Å². The molecule has 6 nitrogen and oxygen atoms in total. The maximum Gasteiger partial charge on any atom is 0.271 e. The number of nitrogens with one attached hydrogen (secondary N) is 1. The molecular formula is C12H16ClN3O3. The number of carbonyl (C=O) groups is 1. The molecule has 3 N–H and O–H groups in total. The maximum atomic E-state index is 11.9. The summed E-state index contributed by atoms with van der Waals surface area (Å²) in [5, 5.41) is 13.3. The molecule has 1 rings (SSSR count). The van der Waals surface area contributed by atoms with E-state index in [0.29, 0.717) is 12.1 Å². The molecule has 0 heterocycles. The Bertz CT molecular complexity index is 479. The summed E-state index contributed by atoms with van der Waals surface area (Å²) in [7, 11) is 0. The lowest BCUT2D eigenvalue weighted by molar-refractivity contribution is -0.384. The summed E-state index contributed by atoms with van der Waals surface area (Å²) in [5.74, 6) is -0.503. The molecule has 1 aromatic carbocycles. The van der Waals surface area contributed by atoms with E-state index in [1.54, 1.807) is 0 Å². The minimum atomic E-state index is -0.544. The average Bonchev–Trinajstić information content (AvgIpc) is 2.37. The Hall–Kier alpha value is -1.66. The van der Waals surface area contributed by atoms with E-state index in [2.05, 4.69) is 5.32 Å². The topological polar surface area (TPSA) is 98.3 Å². The fraction of sp³-hybridized carbons (Fsp3) is 0.417. The number of halogens is 1. The van der Waals surface area contributed by atoms with Crippen molar-refractivity contribution in [2.45, 2.75) is 19.8 Å². The van der Waals surface area contributed by atoms with E-state index in [-0.39, 0.29) is 29.1 Å². The molecule has 19 heavy (non-hydrogen) atoms. The molecule has 1 aromatic rings. The number of nitrogens with two attached hydrogens (primary N) is 1. The van der Waals surface area contributed by atoms with Crippen LogP contribution in [0.4, 0.5) is 11.4 Å². The van der Waals surface area contributed by atoms with Crippen molar-refractivity contribution in [2.75, 3.05) is 11.9 Å². The predicted octanol–water partition coefficient (Wildman–Crippen LogP) is 2.56. The first-order chi connectivity index (χ1) is 8.99. The van der Waals surface area contributed by atoms with Gasteiger partial charge >= 0.3 is 0 Å². The van der Waals surface area contributed by atoms with Crippen molar-refractivity contribution in [2.24, 2.45) is 11.7 Å². The van der Waals surface area contributed by atoms with Crippen LogP contribution in [0.3, 0.4) is 0 Å². The van der Waals surface area contributed by atoms with Crippen molar-refractivity contribution in [1.82, 2.24) is 0 Å². The fourth-order valence-electron chi connectivity index (χ4n) is 1.66. The van der Waals surface area contributed by atoms with Gasteiger partial charge in [-0.15, -0.1) is 0 Å². The molecule has 1 atom stereocenters. The number of nitro groups is 1. The summed E-state index contributed by atoms with van der Waals surface area (Å²) < 4.78 is 0. The molecule has 0 aliphatic rings. The Labute approximate surface area is 116 Å². The van der Waals surface area contributed by atoms with Crippen LogP contribution in [-0.2, 0) is 4.79 Å². The van der Waals surface area contributed by atoms with Gasteiger partial charge in [-0.05, 0) is 12.5 Å². The molecular weight excluding hydrogens is 270 g/mol. The van der Waals surface area contributed by atoms with Gasteiger partial charge in [-0.2, -0.15) is 0 Å². The third kappa shape index (κ3) is 4.18. The number of non-ortho nitro benzene ring substituents is 1. The lowest BCUT2D eigenvalue weighted by atomic mass is 10.0. The van der Waals surface area contributed by atoms with E-state index < -0.39 is 4.92 Å². The van der Waals surface area contributed by atoms with Crippen LogP contribution in [0.1, 0.15) is 19.8 Å². The van der Waals surface area contributed by atoms with E-state index >= 15 is 0 Å². The van der Waals surface area contributed by atoms with Gasteiger partial charge in [0.2, 0.25) is 5.91 Å². The predicted molar refractivity (Wildman–Crippen MR) is 74.2 cm³/mol. The zero-order valence-electron chi connectivity index (χ0n) is 10.6. The molecule has 0 radical (unpaired) electrons. The lowest BCUT2D eigenvalue weighted by Crippen LogP contribution is -2.29. The number of carbonyl (C=O) groups excluding carboxylic acids is 1. The number of benzene rings is 1. The molecule has 0 aliphatic carbocycles. The zero-order chi connectivity index (χ0) is 14.4. The van der Waals surface area contributed by atoms with Gasteiger partial charge in [-0.3, -0.25) is 14.9 Å². The largest absolute Gasteiger partial charge is 0.330 e. The Balaban J connectivity index is 2.82. The quantitative estimate of drug-likeness (QED) is 0.620. The van der Waals surface area contributed by atoms with Crippen molar-refractivity contribution in [3.05, 3.63) is 33.3 Å². The van der Waals surface area contributed by atoms with Gasteiger partial charge in [0.15, 0.2) is 0 Å². The van der Waals surface area contributed by atoms with Gasteiger partial charge in [-0.25, -0.2) is 0 Å². The normalized spacial score (nSPS) is 11.9. The second-order valence-corrected chi connectivity index (χ2v) is 4.54. The number of hydrogen-bond donors (Lipinski definition) is 2. The summed E-state index contributed by atoms with van der Waals surface area (Å²) in [6.45, 7) is 2.22. The Kier molecular flexibility index (Phi) is 5.72. The first-order valence-corrected chi connectivity index (χ1v) is 6.32. The standard InChI is InChI=1S/C12H16ClN3O3/c1-2-3-8(7-14)12(17)15-11-5-4-9(16(18)19)6-10(11)13/h4-6,8H,2-3,7,14H2,1H3,(H,15,17). The van der Waals surface area contributed by atoms with E-state index in [9.17, 15) is 14.9 Å². The minimum absolute atomic E-state index is 0.119. The number of rotatable bonds is 6. The summed E-state index contributed by atoms with van der Waals surface area (Å²) in [6.07, 6.45) is 1.54. The van der Waals surface area contributed by atoms with Crippen LogP contribution in [-0.4, -0.2) is 17.4 Å². The minimum Gasteiger partial charge on any atom is -0.330 e. The van der Waals surface area contributed by atoms with Crippen molar-refractivity contribution in [3.63, 3.8) is 0 Å². The number of nitro benzene ring substituents is 1. The van der Waals surface area contributed by atoms with Crippen molar-refractivity contribution >= 4 is 28.9 Å². The lowest BCUT2D eigenvalue weighted by Gasteiger charge is -2.14. The van der Waals surface area contributed by atoms with Crippen molar-refractivity contribution in [3.8, 4) is 0 Å². The van der Waals surface area contributed by atoms with Crippen LogP contribution in [0.25, 0.3) is 0 Å². The van der Waals surface area contributed by atoms with Crippen molar-refractivity contribution < 1.29 is 9.72 Å². The molecule has 104 valence electrons. The highest BCUT2D eigenvalue weighted by atomic mass is 35.5. The summed E-state index contributed by atoms with van der Waals surface area (Å²) in [6, 6.07) is 3.91. The summed E-state index contributed by atoms with van der Waals surface area (Å²) in [5.41, 5.74) is 5.77. The monoisotopic (exact) mass is 285 g/mol. The molecule has 0 fully saturated rings. The Morgan fingerprint density at radius 2 is 2.26 bits per heavy atom. The highest BCUT2D eigenvalue weighted by Crippen LogP contribution is 2.27. The number of hydrogen-bond acceptors (Lipinski definition) is 4. The molecule has 0 saturated carbocycles. The van der Waals surface area contributed by atoms with Gasteiger partial charge in [0, 0.05) is 18.7 Å². The van der Waals surface area contributed by atoms with Gasteiger partial charge in [-0.1, -0.05) is 24.9 Å². The number of anilines is 1. The Morgan fingerprint density at radius 3 is 2.74 bits per heavy atom. The van der Waals surface area contributed by atoms with Crippen LogP contribution >= 0.6 is 11.6 Å². The smallest absolute Gasteiger partial charge is 0.271 e. The second kappa shape index (κ2) is 7.06. The molecule has 7 heteroatoms. The highest BCUT2D eigenvalue weighted by Gasteiger charge is 2.17. The fourth-order valence-corrected chi connectivity index (χ4v) is 1.88. The number of nitrogens with zero attached hydrogens (tertiary/aromatic N) is 1. The van der Waals surface area contributed by atoms with Crippen LogP contribution in [0.2, 0.25) is 5.02 Å². The van der Waals surface area contributed by atoms with Gasteiger partial charge in [0.1, 0.15) is 0 Å². The van der Waals surface area contributed by atoms with Gasteiger partial charge < -0.3 is 11.1 Å². The molecule has 0 bridgehead atoms. The zero-order valence-corrected chi connectivity index (χ0v) is 11.3. The Morgan fingerprint density at radius 1 is 1.58 bits per heavy atom. The summed E-state index contributed by atoms with van der Waals surface area (Å²) in [4.78, 5) is 21.9. The average molecular weight is 286 g/mol. The van der Waals surface area contributed by atoms with E-state index in [1.165, 1.54) is 18.2 Å². The van der Waals surface area contributed by atoms with Crippen LogP contribution < -0.4 is 11.1 Å². The van der Waals surface area contributed by atoms with E-state index in [0.717, 1.165) is 6.42 Å². The number of amides is 1. The molecule has 1 unspecified atom stereocenters. The van der Waals surface area contributed by atoms with Gasteiger partial charge in [0.05, 0.1) is 21.6 Å². The highest BCUT2D eigenvalue weighted by molar-refractivity contribution is 6.34. The molecule has 0 aromatic heterocycles. The second-order valence-electron chi connectivity index (χ2n) is 4.13. The molecule has 0 aliphatic heterocycles. The van der Waals surface area contributed by atoms with E-state index in [1.807, 2.05) is 6.92 Å². The molecule has 0 saturated heterocycles. The van der Waals surface area contributed by atoms with Crippen molar-refractivity contribution in [1.29, 1.82) is 0 Å². The first kappa shape index (κ1) is 15.4. The SMILES string of the molecule is CCCC(CN)C(=O)Nc1ccc([N+](=O)[O-])cc1Cl. The first-order valence-electron chi connectivity index (χ1n) is 5.94. The van der Waals surface area contributed by atoms with Crippen LogP contribution in [0.5, 0.6) is 0 Å². The van der Waals surface area contributed by atoms with Crippen LogP contribution in [0, 0.1) is 16.0 Å².